The van der Waals surface area contributed by atoms with Crippen molar-refractivity contribution in [2.24, 2.45) is 0 Å². The Hall–Kier alpha value is -2.04. The summed E-state index contributed by atoms with van der Waals surface area (Å²) in [5, 5.41) is 0.725. The molecule has 2 rings (SSSR count). The zero-order valence-corrected chi connectivity index (χ0v) is 16.7. The molecule has 0 heterocycles. The summed E-state index contributed by atoms with van der Waals surface area (Å²) in [4.78, 5) is 24.5. The normalized spacial score (nSPS) is 10.5. The molecule has 2 aromatic carbocycles. The van der Waals surface area contributed by atoms with Crippen molar-refractivity contribution in [2.45, 2.75) is 39.0 Å². The van der Waals surface area contributed by atoms with Gasteiger partial charge >= 0.3 is 11.9 Å². The van der Waals surface area contributed by atoms with Crippen molar-refractivity contribution in [2.75, 3.05) is 6.61 Å². The van der Waals surface area contributed by atoms with Gasteiger partial charge in [-0.25, -0.2) is 9.59 Å². The quantitative estimate of drug-likeness (QED) is 0.276. The Bertz CT molecular complexity index is 769. The Morgan fingerprint density at radius 3 is 2.15 bits per heavy atom. The van der Waals surface area contributed by atoms with Gasteiger partial charge in [0.05, 0.1) is 17.7 Å². The average molecular weight is 409 g/mol. The Balaban J connectivity index is 1.93. The fraction of sp³-hybridized carbons (Fsp3) is 0.333. The zero-order valence-electron chi connectivity index (χ0n) is 15.2. The highest BCUT2D eigenvalue weighted by Crippen LogP contribution is 2.25. The first kappa shape index (κ1) is 21.3. The van der Waals surface area contributed by atoms with Crippen LogP contribution in [0.4, 0.5) is 0 Å². The van der Waals surface area contributed by atoms with Crippen LogP contribution in [0.1, 0.15) is 59.7 Å². The van der Waals surface area contributed by atoms with Gasteiger partial charge in [-0.15, -0.1) is 0 Å². The summed E-state index contributed by atoms with van der Waals surface area (Å²) in [5.41, 5.74) is 0.547. The Labute approximate surface area is 169 Å². The minimum absolute atomic E-state index is 0.234. The van der Waals surface area contributed by atoms with Crippen LogP contribution in [0.5, 0.6) is 5.75 Å². The Morgan fingerprint density at radius 2 is 1.48 bits per heavy atom. The van der Waals surface area contributed by atoms with E-state index in [1.165, 1.54) is 31.0 Å². The maximum atomic E-state index is 12.3. The lowest BCUT2D eigenvalue weighted by molar-refractivity contribution is 0.0497. The third-order valence-corrected chi connectivity index (χ3v) is 4.30. The number of halogens is 2. The summed E-state index contributed by atoms with van der Waals surface area (Å²) in [5.74, 6) is -0.828. The summed E-state index contributed by atoms with van der Waals surface area (Å²) >= 11 is 11.8. The second kappa shape index (κ2) is 11.0. The zero-order chi connectivity index (χ0) is 19.6. The molecule has 0 radical (unpaired) electrons. The summed E-state index contributed by atoms with van der Waals surface area (Å²) in [7, 11) is 0. The number of benzene rings is 2. The second-order valence-electron chi connectivity index (χ2n) is 6.13. The van der Waals surface area contributed by atoms with Gasteiger partial charge in [-0.05, 0) is 42.8 Å². The van der Waals surface area contributed by atoms with Gasteiger partial charge in [-0.1, -0.05) is 61.9 Å². The molecule has 0 fully saturated rings. The van der Waals surface area contributed by atoms with Crippen molar-refractivity contribution >= 4 is 35.1 Å². The van der Waals surface area contributed by atoms with Gasteiger partial charge in [0.1, 0.15) is 5.75 Å². The molecule has 0 amide bonds. The fourth-order valence-electron chi connectivity index (χ4n) is 2.48. The molecule has 2 aromatic rings. The smallest absolute Gasteiger partial charge is 0.343 e. The van der Waals surface area contributed by atoms with Crippen molar-refractivity contribution in [3.63, 3.8) is 0 Å². The number of hydrogen-bond acceptors (Lipinski definition) is 4. The molecule has 0 saturated carbocycles. The highest BCUT2D eigenvalue weighted by atomic mass is 35.5. The predicted molar refractivity (Wildman–Crippen MR) is 107 cm³/mol. The summed E-state index contributed by atoms with van der Waals surface area (Å²) in [6.45, 7) is 2.53. The minimum Gasteiger partial charge on any atom is -0.462 e. The predicted octanol–water partition coefficient (Wildman–Crippen LogP) is 6.34. The maximum absolute atomic E-state index is 12.3. The number of carbonyl (C=O) groups excluding carboxylic acids is 2. The largest absolute Gasteiger partial charge is 0.462 e. The lowest BCUT2D eigenvalue weighted by Crippen LogP contribution is -2.11. The standard InChI is InChI=1S/C21H22Cl2O4/c1-2-3-4-5-6-10-26-20(24)15-8-7-9-16(11-15)21(25)27-19-13-17(22)12-18(23)14-19/h7-9,11-14H,2-6,10H2,1H3. The van der Waals surface area contributed by atoms with Gasteiger partial charge in [0, 0.05) is 10.0 Å². The van der Waals surface area contributed by atoms with E-state index in [9.17, 15) is 9.59 Å². The molecule has 0 aromatic heterocycles. The lowest BCUT2D eigenvalue weighted by atomic mass is 10.1. The minimum atomic E-state index is -0.609. The molecule has 0 spiro atoms. The summed E-state index contributed by atoms with van der Waals surface area (Å²) < 4.78 is 10.5. The maximum Gasteiger partial charge on any atom is 0.343 e. The molecule has 27 heavy (non-hydrogen) atoms. The van der Waals surface area contributed by atoms with E-state index in [1.54, 1.807) is 24.3 Å². The van der Waals surface area contributed by atoms with Gasteiger partial charge < -0.3 is 9.47 Å². The van der Waals surface area contributed by atoms with Crippen LogP contribution >= 0.6 is 23.2 Å². The van der Waals surface area contributed by atoms with Crippen LogP contribution in [-0.4, -0.2) is 18.5 Å². The topological polar surface area (TPSA) is 52.6 Å². The Kier molecular flexibility index (Phi) is 8.62. The van der Waals surface area contributed by atoms with Gasteiger partial charge in [0.15, 0.2) is 0 Å². The van der Waals surface area contributed by atoms with E-state index in [0.717, 1.165) is 19.3 Å². The van der Waals surface area contributed by atoms with Crippen LogP contribution in [0.3, 0.4) is 0 Å². The van der Waals surface area contributed by atoms with E-state index < -0.39 is 11.9 Å². The summed E-state index contributed by atoms with van der Waals surface area (Å²) in [6, 6.07) is 10.7. The molecule has 0 saturated heterocycles. The van der Waals surface area contributed by atoms with Crippen LogP contribution in [0.25, 0.3) is 0 Å². The number of unbranched alkanes of at least 4 members (excludes halogenated alkanes) is 4. The average Bonchev–Trinajstić information content (AvgIpc) is 2.63. The highest BCUT2D eigenvalue weighted by molar-refractivity contribution is 6.34. The van der Waals surface area contributed by atoms with E-state index in [2.05, 4.69) is 6.92 Å². The molecular weight excluding hydrogens is 387 g/mol. The number of esters is 2. The van der Waals surface area contributed by atoms with Crippen molar-refractivity contribution in [3.8, 4) is 5.75 Å². The lowest BCUT2D eigenvalue weighted by Gasteiger charge is -2.08. The van der Waals surface area contributed by atoms with Crippen molar-refractivity contribution < 1.29 is 19.1 Å². The van der Waals surface area contributed by atoms with Gasteiger partial charge in [0.25, 0.3) is 0 Å². The molecule has 0 aliphatic heterocycles. The number of ether oxygens (including phenoxy) is 2. The fourth-order valence-corrected chi connectivity index (χ4v) is 2.99. The molecule has 0 bridgehead atoms. The van der Waals surface area contributed by atoms with Crippen LogP contribution in [0, 0.1) is 0 Å². The number of hydrogen-bond donors (Lipinski definition) is 0. The Morgan fingerprint density at radius 1 is 0.852 bits per heavy atom. The van der Waals surface area contributed by atoms with Crippen LogP contribution in [-0.2, 0) is 4.74 Å². The van der Waals surface area contributed by atoms with Crippen molar-refractivity contribution in [1.29, 1.82) is 0 Å². The van der Waals surface area contributed by atoms with E-state index >= 15 is 0 Å². The molecule has 0 unspecified atom stereocenters. The molecule has 0 N–H and O–H groups in total. The molecule has 0 aliphatic carbocycles. The van der Waals surface area contributed by atoms with Gasteiger partial charge in [-0.2, -0.15) is 0 Å². The van der Waals surface area contributed by atoms with Gasteiger partial charge in [-0.3, -0.25) is 0 Å². The highest BCUT2D eigenvalue weighted by Gasteiger charge is 2.14. The third kappa shape index (κ3) is 7.24. The number of rotatable bonds is 9. The first-order valence-electron chi connectivity index (χ1n) is 8.95. The van der Waals surface area contributed by atoms with Crippen LogP contribution in [0.2, 0.25) is 10.0 Å². The molecule has 144 valence electrons. The first-order valence-corrected chi connectivity index (χ1v) is 9.70. The molecule has 6 heteroatoms. The molecule has 0 atom stereocenters. The van der Waals surface area contributed by atoms with E-state index in [1.807, 2.05) is 0 Å². The van der Waals surface area contributed by atoms with E-state index in [-0.39, 0.29) is 11.3 Å². The second-order valence-corrected chi connectivity index (χ2v) is 7.00. The van der Waals surface area contributed by atoms with Crippen LogP contribution in [0.15, 0.2) is 42.5 Å². The first-order chi connectivity index (χ1) is 13.0. The van der Waals surface area contributed by atoms with Gasteiger partial charge in [0.2, 0.25) is 0 Å². The third-order valence-electron chi connectivity index (χ3n) is 3.86. The monoisotopic (exact) mass is 408 g/mol. The molecule has 0 aliphatic rings. The molecular formula is C21H22Cl2O4. The SMILES string of the molecule is CCCCCCCOC(=O)c1cccc(C(=O)Oc2cc(Cl)cc(Cl)c2)c1. The van der Waals surface area contributed by atoms with Crippen LogP contribution < -0.4 is 4.74 Å². The van der Waals surface area contributed by atoms with Crippen molar-refractivity contribution in [3.05, 3.63) is 63.6 Å². The number of carbonyl (C=O) groups is 2. The molecule has 4 nitrogen and oxygen atoms in total. The van der Waals surface area contributed by atoms with E-state index in [4.69, 9.17) is 32.7 Å². The summed E-state index contributed by atoms with van der Waals surface area (Å²) in [6.07, 6.45) is 5.38. The van der Waals surface area contributed by atoms with Crippen molar-refractivity contribution in [1.82, 2.24) is 0 Å². The van der Waals surface area contributed by atoms with E-state index in [0.29, 0.717) is 22.2 Å².